The Labute approximate surface area is 171 Å². The average Bonchev–Trinajstić information content (AvgIpc) is 2.98. The molecule has 3 heterocycles. The summed E-state index contributed by atoms with van der Waals surface area (Å²) < 4.78 is 37.1. The quantitative estimate of drug-likeness (QED) is 0.747. The zero-order chi connectivity index (χ0) is 21.7. The Hall–Kier alpha value is -3.17. The Kier molecular flexibility index (Phi) is 6.53. The van der Waals surface area contributed by atoms with Crippen molar-refractivity contribution in [1.82, 2.24) is 14.9 Å². The summed E-state index contributed by atoms with van der Waals surface area (Å²) in [4.78, 5) is 36.5. The number of hydrogen-bond donors (Lipinski definition) is 1. The molecule has 2 aromatic heterocycles. The molecule has 0 atom stereocenters. The Morgan fingerprint density at radius 3 is 2.60 bits per heavy atom. The number of rotatable bonds is 5. The molecule has 0 saturated carbocycles. The number of anilines is 2. The van der Waals surface area contributed by atoms with Gasteiger partial charge in [0.25, 0.3) is 0 Å². The van der Waals surface area contributed by atoms with Crippen LogP contribution in [0.25, 0.3) is 0 Å². The van der Waals surface area contributed by atoms with Crippen molar-refractivity contribution in [2.24, 2.45) is 0 Å². The lowest BCUT2D eigenvalue weighted by atomic mass is 10.1. The van der Waals surface area contributed by atoms with E-state index in [1.807, 2.05) is 4.90 Å². The molecule has 0 spiro atoms. The zero-order valence-electron chi connectivity index (χ0n) is 16.2. The van der Waals surface area contributed by atoms with Crippen LogP contribution in [0.4, 0.5) is 24.8 Å². The van der Waals surface area contributed by atoms with Crippen LogP contribution in [0.15, 0.2) is 36.5 Å². The molecule has 1 aliphatic rings. The number of ketones is 1. The highest BCUT2D eigenvalue weighted by Crippen LogP contribution is 2.23. The van der Waals surface area contributed by atoms with Gasteiger partial charge in [-0.05, 0) is 30.7 Å². The van der Waals surface area contributed by atoms with Gasteiger partial charge in [0.1, 0.15) is 17.3 Å². The number of halogens is 3. The van der Waals surface area contributed by atoms with Gasteiger partial charge in [0.15, 0.2) is 0 Å². The van der Waals surface area contributed by atoms with E-state index in [4.69, 9.17) is 5.73 Å². The van der Waals surface area contributed by atoms with Crippen molar-refractivity contribution in [3.8, 4) is 0 Å². The van der Waals surface area contributed by atoms with Gasteiger partial charge in [0.2, 0.25) is 11.7 Å². The highest BCUT2D eigenvalue weighted by atomic mass is 19.4. The molecule has 3 rings (SSSR count). The van der Waals surface area contributed by atoms with Crippen LogP contribution in [-0.2, 0) is 4.79 Å². The van der Waals surface area contributed by atoms with Crippen molar-refractivity contribution in [3.05, 3.63) is 47.8 Å². The minimum Gasteiger partial charge on any atom is -0.383 e. The first kappa shape index (κ1) is 21.5. The first-order valence-corrected chi connectivity index (χ1v) is 9.56. The molecular formula is C20H22F3N5O2. The van der Waals surface area contributed by atoms with Crippen LogP contribution in [-0.4, -0.2) is 58.9 Å². The van der Waals surface area contributed by atoms with Crippen LogP contribution in [0, 0.1) is 0 Å². The van der Waals surface area contributed by atoms with Gasteiger partial charge in [-0.25, -0.2) is 9.97 Å². The molecule has 0 aliphatic carbocycles. The minimum atomic E-state index is -4.35. The molecule has 10 heteroatoms. The first-order valence-electron chi connectivity index (χ1n) is 9.56. The number of aromatic nitrogens is 2. The Balaban J connectivity index is 1.67. The lowest BCUT2D eigenvalue weighted by Crippen LogP contribution is -2.35. The van der Waals surface area contributed by atoms with Crippen molar-refractivity contribution in [3.63, 3.8) is 0 Å². The summed E-state index contributed by atoms with van der Waals surface area (Å²) in [6.45, 7) is 1.67. The van der Waals surface area contributed by atoms with Gasteiger partial charge in [-0.2, -0.15) is 13.2 Å². The van der Waals surface area contributed by atoms with Crippen LogP contribution in [0.3, 0.4) is 0 Å². The highest BCUT2D eigenvalue weighted by Gasteiger charge is 2.29. The van der Waals surface area contributed by atoms with Crippen LogP contribution < -0.4 is 10.6 Å². The molecule has 0 aromatic carbocycles. The molecular weight excluding hydrogens is 399 g/mol. The molecule has 1 fully saturated rings. The van der Waals surface area contributed by atoms with E-state index in [1.54, 1.807) is 30.3 Å². The highest BCUT2D eigenvalue weighted by molar-refractivity contribution is 6.10. The van der Waals surface area contributed by atoms with Gasteiger partial charge >= 0.3 is 6.18 Å². The second-order valence-corrected chi connectivity index (χ2v) is 6.98. The SMILES string of the molecule is Nc1ncccc1C(=O)c1cccc(N2CCCN(C(=O)CCC(F)(F)F)CC2)n1. The third kappa shape index (κ3) is 5.46. The molecule has 160 valence electrons. The maximum atomic E-state index is 12.7. The average molecular weight is 421 g/mol. The van der Waals surface area contributed by atoms with Gasteiger partial charge < -0.3 is 15.5 Å². The van der Waals surface area contributed by atoms with E-state index in [0.717, 1.165) is 0 Å². The summed E-state index contributed by atoms with van der Waals surface area (Å²) in [6.07, 6.45) is -3.92. The smallest absolute Gasteiger partial charge is 0.383 e. The fourth-order valence-electron chi connectivity index (χ4n) is 3.28. The number of hydrogen-bond acceptors (Lipinski definition) is 6. The fourth-order valence-corrected chi connectivity index (χ4v) is 3.28. The maximum Gasteiger partial charge on any atom is 0.389 e. The molecule has 2 aromatic rings. The van der Waals surface area contributed by atoms with Gasteiger partial charge in [-0.1, -0.05) is 6.07 Å². The second-order valence-electron chi connectivity index (χ2n) is 6.98. The zero-order valence-corrected chi connectivity index (χ0v) is 16.2. The van der Waals surface area contributed by atoms with Gasteiger partial charge in [0.05, 0.1) is 12.0 Å². The standard InChI is InChI=1S/C20H22F3N5O2/c21-20(22,23)8-7-17(29)28-11-3-10-27(12-13-28)16-6-1-5-15(26-16)18(30)14-4-2-9-25-19(14)24/h1-2,4-6,9H,3,7-8,10-13H2,(H2,24,25). The Morgan fingerprint density at radius 2 is 1.87 bits per heavy atom. The van der Waals surface area contributed by atoms with Crippen LogP contribution in [0.2, 0.25) is 0 Å². The normalized spacial score (nSPS) is 15.0. The van der Waals surface area contributed by atoms with E-state index in [9.17, 15) is 22.8 Å². The molecule has 2 N–H and O–H groups in total. The van der Waals surface area contributed by atoms with Crippen LogP contribution in [0.5, 0.6) is 0 Å². The maximum absolute atomic E-state index is 12.7. The van der Waals surface area contributed by atoms with E-state index in [1.165, 1.54) is 11.1 Å². The molecule has 1 amide bonds. The number of carbonyl (C=O) groups is 2. The monoisotopic (exact) mass is 421 g/mol. The van der Waals surface area contributed by atoms with Crippen molar-refractivity contribution in [2.45, 2.75) is 25.4 Å². The van der Waals surface area contributed by atoms with Crippen molar-refractivity contribution in [1.29, 1.82) is 0 Å². The number of pyridine rings is 2. The molecule has 1 saturated heterocycles. The number of nitrogens with two attached hydrogens (primary N) is 1. The number of nitrogens with zero attached hydrogens (tertiary/aromatic N) is 4. The summed E-state index contributed by atoms with van der Waals surface area (Å²) in [5.74, 6) is -0.162. The Bertz CT molecular complexity index is 919. The molecule has 30 heavy (non-hydrogen) atoms. The van der Waals surface area contributed by atoms with Crippen LogP contribution in [0.1, 0.15) is 35.3 Å². The fraction of sp³-hybridized carbons (Fsp3) is 0.400. The van der Waals surface area contributed by atoms with Crippen molar-refractivity contribution in [2.75, 3.05) is 36.8 Å². The molecule has 7 nitrogen and oxygen atoms in total. The minimum absolute atomic E-state index is 0.123. The summed E-state index contributed by atoms with van der Waals surface area (Å²) in [5.41, 5.74) is 6.26. The second kappa shape index (κ2) is 9.10. The van der Waals surface area contributed by atoms with E-state index >= 15 is 0 Å². The Morgan fingerprint density at radius 1 is 1.07 bits per heavy atom. The first-order chi connectivity index (χ1) is 14.2. The summed E-state index contributed by atoms with van der Waals surface area (Å²) in [7, 11) is 0. The largest absolute Gasteiger partial charge is 0.389 e. The van der Waals surface area contributed by atoms with Crippen LogP contribution >= 0.6 is 0 Å². The number of amides is 1. The van der Waals surface area contributed by atoms with Gasteiger partial charge in [-0.15, -0.1) is 0 Å². The predicted molar refractivity (Wildman–Crippen MR) is 105 cm³/mol. The van der Waals surface area contributed by atoms with Crippen molar-refractivity contribution >= 4 is 23.3 Å². The molecule has 0 bridgehead atoms. The molecule has 0 unspecified atom stereocenters. The lowest BCUT2D eigenvalue weighted by Gasteiger charge is -2.23. The third-order valence-corrected chi connectivity index (χ3v) is 4.85. The van der Waals surface area contributed by atoms with E-state index < -0.39 is 24.9 Å². The third-order valence-electron chi connectivity index (χ3n) is 4.85. The number of nitrogen functional groups attached to an aromatic ring is 1. The summed E-state index contributed by atoms with van der Waals surface area (Å²) in [5, 5.41) is 0. The lowest BCUT2D eigenvalue weighted by molar-refractivity contribution is -0.149. The number of alkyl halides is 3. The van der Waals surface area contributed by atoms with E-state index in [0.29, 0.717) is 38.4 Å². The van der Waals surface area contributed by atoms with Gasteiger partial charge in [0, 0.05) is 38.8 Å². The molecule has 1 aliphatic heterocycles. The van der Waals surface area contributed by atoms with Gasteiger partial charge in [-0.3, -0.25) is 9.59 Å². The number of carbonyl (C=O) groups excluding carboxylic acids is 2. The van der Waals surface area contributed by atoms with Crippen molar-refractivity contribution < 1.29 is 22.8 Å². The predicted octanol–water partition coefficient (Wildman–Crippen LogP) is 2.67. The van der Waals surface area contributed by atoms with E-state index in [-0.39, 0.29) is 22.9 Å². The molecule has 0 radical (unpaired) electrons. The summed E-state index contributed by atoms with van der Waals surface area (Å²) in [6, 6.07) is 8.24. The van der Waals surface area contributed by atoms with E-state index in [2.05, 4.69) is 9.97 Å². The summed E-state index contributed by atoms with van der Waals surface area (Å²) >= 11 is 0. The topological polar surface area (TPSA) is 92.4 Å².